The average molecular weight is 864 g/mol. The smallest absolute Gasteiger partial charge is 0.407 e. The van der Waals surface area contributed by atoms with Crippen molar-refractivity contribution >= 4 is 35.2 Å². The molecule has 2 aromatic rings. The van der Waals surface area contributed by atoms with Crippen molar-refractivity contribution in [1.82, 2.24) is 10.6 Å². The van der Waals surface area contributed by atoms with Crippen molar-refractivity contribution in [2.24, 2.45) is 22.2 Å². The number of nitrogens with one attached hydrogen (secondary N) is 2. The normalized spacial score (nSPS) is 15.3. The maximum atomic E-state index is 12.9. The van der Waals surface area contributed by atoms with E-state index in [1.807, 2.05) is 52.0 Å². The minimum atomic E-state index is -1.05. The molecular formula is C47H65N3O12. The Morgan fingerprint density at radius 3 is 2.00 bits per heavy atom. The second kappa shape index (κ2) is 25.8. The Kier molecular flexibility index (Phi) is 20.7. The van der Waals surface area contributed by atoms with Crippen LogP contribution in [0.2, 0.25) is 0 Å². The number of aliphatic hydroxyl groups is 1. The molecule has 4 rings (SSSR count). The second-order valence-corrected chi connectivity index (χ2v) is 16.9. The SMILES string of the molecule is CC(C)CC(=NCCCC[C@@H](CC(=O)COCCOCCNC(=O)COCCOCCNC(=O)OCC1c2ccccc2-c2ccccc21)C(=O)O)C1=C(O)CC(C)(C)CC1=O. The van der Waals surface area contributed by atoms with Crippen molar-refractivity contribution in [1.29, 1.82) is 0 Å². The van der Waals surface area contributed by atoms with Crippen LogP contribution in [-0.2, 0) is 42.9 Å². The molecule has 0 aliphatic heterocycles. The molecular weight excluding hydrogens is 799 g/mol. The molecule has 2 aromatic carbocycles. The molecule has 0 heterocycles. The van der Waals surface area contributed by atoms with E-state index >= 15 is 0 Å². The highest BCUT2D eigenvalue weighted by Gasteiger charge is 2.35. The highest BCUT2D eigenvalue weighted by molar-refractivity contribution is 6.23. The third kappa shape index (κ3) is 16.7. The lowest BCUT2D eigenvalue weighted by Gasteiger charge is -2.30. The first-order valence-electron chi connectivity index (χ1n) is 21.7. The molecule has 15 nitrogen and oxygen atoms in total. The maximum absolute atomic E-state index is 12.9. The van der Waals surface area contributed by atoms with Gasteiger partial charge in [0.2, 0.25) is 5.91 Å². The number of aliphatic imine (C=N–C) groups is 1. The van der Waals surface area contributed by atoms with Crippen molar-refractivity contribution in [2.75, 3.05) is 79.1 Å². The van der Waals surface area contributed by atoms with Gasteiger partial charge >= 0.3 is 12.1 Å². The van der Waals surface area contributed by atoms with Gasteiger partial charge in [-0.1, -0.05) is 82.6 Å². The molecule has 1 atom stereocenters. The van der Waals surface area contributed by atoms with E-state index in [1.165, 1.54) is 0 Å². The number of unbranched alkanes of at least 4 members (excludes halogenated alkanes) is 1. The lowest BCUT2D eigenvalue weighted by Crippen LogP contribution is -2.31. The monoisotopic (exact) mass is 863 g/mol. The summed E-state index contributed by atoms with van der Waals surface area (Å²) in [7, 11) is 0. The highest BCUT2D eigenvalue weighted by Crippen LogP contribution is 2.44. The number of alkyl carbamates (subject to hydrolysis) is 1. The highest BCUT2D eigenvalue weighted by atomic mass is 16.6. The van der Waals surface area contributed by atoms with Gasteiger partial charge in [0.1, 0.15) is 25.6 Å². The van der Waals surface area contributed by atoms with Crippen LogP contribution >= 0.6 is 0 Å². The zero-order valence-electron chi connectivity index (χ0n) is 36.7. The summed E-state index contributed by atoms with van der Waals surface area (Å²) in [5, 5.41) is 25.7. The van der Waals surface area contributed by atoms with Gasteiger partial charge in [-0.05, 0) is 52.8 Å². The summed E-state index contributed by atoms with van der Waals surface area (Å²) in [5.74, 6) is -2.31. The number of aliphatic hydroxyl groups excluding tert-OH is 1. The number of Topliss-reactive ketones (excluding diaryl/α,β-unsaturated/α-hetero) is 2. The number of carbonyl (C=O) groups is 5. The number of rotatable bonds is 29. The van der Waals surface area contributed by atoms with Crippen molar-refractivity contribution in [3.05, 3.63) is 71.0 Å². The van der Waals surface area contributed by atoms with Crippen LogP contribution < -0.4 is 10.6 Å². The van der Waals surface area contributed by atoms with Crippen LogP contribution in [0.5, 0.6) is 0 Å². The molecule has 340 valence electrons. The molecule has 0 saturated carbocycles. The number of nitrogens with zero attached hydrogens (tertiary/aromatic N) is 1. The molecule has 0 saturated heterocycles. The predicted molar refractivity (Wildman–Crippen MR) is 233 cm³/mol. The number of carbonyl (C=O) groups excluding carboxylic acids is 4. The van der Waals surface area contributed by atoms with Crippen LogP contribution in [0, 0.1) is 17.3 Å². The first-order chi connectivity index (χ1) is 29.8. The molecule has 0 aromatic heterocycles. The lowest BCUT2D eigenvalue weighted by atomic mass is 9.75. The van der Waals surface area contributed by atoms with Crippen molar-refractivity contribution in [3.8, 4) is 11.1 Å². The van der Waals surface area contributed by atoms with Gasteiger partial charge in [0.25, 0.3) is 0 Å². The summed E-state index contributed by atoms with van der Waals surface area (Å²) < 4.78 is 27.1. The quantitative estimate of drug-likeness (QED) is 0.0531. The molecule has 0 unspecified atom stereocenters. The number of amides is 2. The number of aliphatic carboxylic acids is 1. The summed E-state index contributed by atoms with van der Waals surface area (Å²) in [5.41, 5.74) is 5.26. The van der Waals surface area contributed by atoms with Gasteiger partial charge in [-0.3, -0.25) is 24.2 Å². The van der Waals surface area contributed by atoms with Gasteiger partial charge in [-0.15, -0.1) is 0 Å². The Bertz CT molecular complexity index is 1830. The minimum Gasteiger partial charge on any atom is -0.511 e. The zero-order valence-corrected chi connectivity index (χ0v) is 36.7. The van der Waals surface area contributed by atoms with Gasteiger partial charge < -0.3 is 44.5 Å². The standard InChI is InChI=1S/C47H65N3O12/c1-32(2)25-40(44-41(52)27-47(3,4)28-42(44)53)48-16-10-9-11-33(45(55)56)26-34(51)29-60-23-21-58-19-17-49-43(54)31-61-24-22-59-20-18-50-46(57)62-30-39-37-14-7-5-12-35(37)36-13-6-8-15-38(36)39/h5-8,12-15,32-33,39,52H,9-11,16-31H2,1-4H3,(H,49,54)(H,50,57)(H,55,56)/t33-/m0/s1. The van der Waals surface area contributed by atoms with E-state index in [4.69, 9.17) is 23.7 Å². The first-order valence-corrected chi connectivity index (χ1v) is 21.7. The topological polar surface area (TPSA) is 208 Å². The molecule has 62 heavy (non-hydrogen) atoms. The van der Waals surface area contributed by atoms with Gasteiger partial charge in [0, 0.05) is 50.5 Å². The molecule has 0 fully saturated rings. The molecule has 0 spiro atoms. The predicted octanol–water partition coefficient (Wildman–Crippen LogP) is 6.23. The summed E-state index contributed by atoms with van der Waals surface area (Å²) >= 11 is 0. The second-order valence-electron chi connectivity index (χ2n) is 16.9. The number of carboxylic acid groups (broad SMARTS) is 1. The Morgan fingerprint density at radius 1 is 0.790 bits per heavy atom. The van der Waals surface area contributed by atoms with Crippen LogP contribution in [0.1, 0.15) is 89.7 Å². The van der Waals surface area contributed by atoms with Crippen LogP contribution in [0.4, 0.5) is 4.79 Å². The first kappa shape index (κ1) is 49.7. The number of carboxylic acids is 1. The van der Waals surface area contributed by atoms with Crippen LogP contribution in [0.25, 0.3) is 11.1 Å². The van der Waals surface area contributed by atoms with Crippen molar-refractivity contribution < 1.29 is 57.9 Å². The van der Waals surface area contributed by atoms with E-state index < -0.39 is 18.0 Å². The fourth-order valence-electron chi connectivity index (χ4n) is 7.59. The largest absolute Gasteiger partial charge is 0.511 e. The fraction of sp³-hybridized carbons (Fsp3) is 0.574. The molecule has 4 N–H and O–H groups in total. The number of fused-ring (bicyclic) bond motifs is 3. The Morgan fingerprint density at radius 2 is 1.39 bits per heavy atom. The van der Waals surface area contributed by atoms with E-state index in [0.29, 0.717) is 56.4 Å². The van der Waals surface area contributed by atoms with E-state index in [9.17, 15) is 34.2 Å². The number of allylic oxidation sites excluding steroid dienone is 2. The number of ether oxygens (including phenoxy) is 5. The van der Waals surface area contributed by atoms with E-state index in [-0.39, 0.29) is 119 Å². The summed E-state index contributed by atoms with van der Waals surface area (Å²) in [4.78, 5) is 66.1. The Hall–Kier alpha value is -4.96. The van der Waals surface area contributed by atoms with Crippen LogP contribution in [0.15, 0.2) is 64.9 Å². The van der Waals surface area contributed by atoms with Crippen molar-refractivity contribution in [3.63, 3.8) is 0 Å². The van der Waals surface area contributed by atoms with E-state index in [2.05, 4.69) is 39.9 Å². The molecule has 2 aliphatic carbocycles. The average Bonchev–Trinajstić information content (AvgIpc) is 3.53. The molecule has 2 aliphatic rings. The molecule has 15 heteroatoms. The maximum Gasteiger partial charge on any atom is 0.407 e. The third-order valence-corrected chi connectivity index (χ3v) is 10.5. The number of ketones is 2. The Balaban J connectivity index is 0.954. The lowest BCUT2D eigenvalue weighted by molar-refractivity contribution is -0.144. The van der Waals surface area contributed by atoms with Gasteiger partial charge in [0.15, 0.2) is 11.6 Å². The number of benzene rings is 2. The Labute approximate surface area is 365 Å². The van der Waals surface area contributed by atoms with Gasteiger partial charge in [-0.25, -0.2) is 4.79 Å². The molecule has 2 amide bonds. The molecule has 0 radical (unpaired) electrons. The summed E-state index contributed by atoms with van der Waals surface area (Å²) in [6, 6.07) is 16.3. The van der Waals surface area contributed by atoms with Gasteiger partial charge in [-0.2, -0.15) is 0 Å². The summed E-state index contributed by atoms with van der Waals surface area (Å²) in [6.45, 7) is 9.95. The van der Waals surface area contributed by atoms with Gasteiger partial charge in [0.05, 0.1) is 51.1 Å². The third-order valence-electron chi connectivity index (χ3n) is 10.5. The molecule has 0 bridgehead atoms. The minimum absolute atomic E-state index is 0.0133. The van der Waals surface area contributed by atoms with Crippen LogP contribution in [0.3, 0.4) is 0 Å². The van der Waals surface area contributed by atoms with E-state index in [1.54, 1.807) is 0 Å². The zero-order chi connectivity index (χ0) is 44.9. The fourth-order valence-corrected chi connectivity index (χ4v) is 7.59. The van der Waals surface area contributed by atoms with Crippen LogP contribution in [-0.4, -0.2) is 125 Å². The van der Waals surface area contributed by atoms with Crippen molar-refractivity contribution in [2.45, 2.75) is 78.6 Å². The number of hydrogen-bond acceptors (Lipinski definition) is 12. The van der Waals surface area contributed by atoms with E-state index in [0.717, 1.165) is 22.3 Å². The number of hydrogen-bond donors (Lipinski definition) is 4. The summed E-state index contributed by atoms with van der Waals surface area (Å²) in [6.07, 6.45) is 2.08.